The lowest BCUT2D eigenvalue weighted by atomic mass is 9.95. The summed E-state index contributed by atoms with van der Waals surface area (Å²) in [5, 5.41) is 9.49. The molecule has 1 aromatic heterocycles. The molecule has 0 saturated carbocycles. The third kappa shape index (κ3) is 6.18. The zero-order chi connectivity index (χ0) is 32.8. The lowest BCUT2D eigenvalue weighted by Gasteiger charge is -2.38. The molecule has 2 fully saturated rings. The molecule has 2 aromatic rings. The Morgan fingerprint density at radius 2 is 1.89 bits per heavy atom. The van der Waals surface area contributed by atoms with Crippen molar-refractivity contribution in [3.8, 4) is 0 Å². The van der Waals surface area contributed by atoms with Gasteiger partial charge in [0.25, 0.3) is 11.8 Å². The fourth-order valence-electron chi connectivity index (χ4n) is 6.10. The number of likely N-dealkylation sites (tertiary alicyclic amines) is 1. The number of carbonyl (C=O) groups is 5. The first kappa shape index (κ1) is 31.8. The summed E-state index contributed by atoms with van der Waals surface area (Å²) in [4.78, 5) is 73.3. The van der Waals surface area contributed by atoms with Crippen LogP contribution in [0.1, 0.15) is 30.5 Å². The van der Waals surface area contributed by atoms with Crippen molar-refractivity contribution in [3.63, 3.8) is 0 Å². The van der Waals surface area contributed by atoms with E-state index in [1.165, 1.54) is 23.8 Å². The number of rotatable bonds is 4. The van der Waals surface area contributed by atoms with Crippen LogP contribution in [-0.4, -0.2) is 83.5 Å². The molecule has 4 heterocycles. The average molecular weight is 652 g/mol. The third-order valence-electron chi connectivity index (χ3n) is 8.09. The van der Waals surface area contributed by atoms with Gasteiger partial charge in [0.1, 0.15) is 17.9 Å². The standard InChI is InChI=1S/C28H29ClF3N7O6/c1-14-9-16(28(30,31)32)11-20(33-14)39-22(41)10-15-12-37(24-17(29)5-3-6-18(24)36(2)26(43)23(15)39)13-21(40)34-35-25(42)19-7-4-8-38(19)27(44)45/h3,5-6,9,11,15,19,23H,4,7-8,10,12-13H2,1-2H3,(H,34,40)(H,35,42)(H,44,45)/t15-,19-,23+/m1/s1. The number of fused-ring (bicyclic) bond motifs is 2. The second-order valence-corrected chi connectivity index (χ2v) is 11.5. The van der Waals surface area contributed by atoms with Gasteiger partial charge < -0.3 is 14.9 Å². The summed E-state index contributed by atoms with van der Waals surface area (Å²) < 4.78 is 40.9. The average Bonchev–Trinajstić information content (AvgIpc) is 3.58. The van der Waals surface area contributed by atoms with E-state index in [1.54, 1.807) is 18.2 Å². The highest BCUT2D eigenvalue weighted by Crippen LogP contribution is 2.42. The molecule has 13 nitrogen and oxygen atoms in total. The molecule has 0 radical (unpaired) electrons. The van der Waals surface area contributed by atoms with E-state index < -0.39 is 66.0 Å². The van der Waals surface area contributed by atoms with E-state index in [-0.39, 0.29) is 48.2 Å². The Bertz CT molecular complexity index is 1570. The number of nitrogens with one attached hydrogen (secondary N) is 2. The zero-order valence-electron chi connectivity index (χ0n) is 24.1. The summed E-state index contributed by atoms with van der Waals surface area (Å²) in [7, 11) is 1.43. The summed E-state index contributed by atoms with van der Waals surface area (Å²) in [6.07, 6.45) is -5.43. The first-order valence-corrected chi connectivity index (χ1v) is 14.3. The maximum absolute atomic E-state index is 13.9. The molecule has 5 amide bonds. The third-order valence-corrected chi connectivity index (χ3v) is 8.39. The predicted molar refractivity (Wildman–Crippen MR) is 154 cm³/mol. The van der Waals surface area contributed by atoms with E-state index in [0.29, 0.717) is 12.1 Å². The minimum atomic E-state index is -4.72. The van der Waals surface area contributed by atoms with E-state index in [9.17, 15) is 42.3 Å². The Hall–Kier alpha value is -4.60. The normalized spacial score (nSPS) is 21.7. The van der Waals surface area contributed by atoms with Gasteiger partial charge in [-0.05, 0) is 44.0 Å². The first-order valence-electron chi connectivity index (χ1n) is 13.9. The molecule has 2 saturated heterocycles. The van der Waals surface area contributed by atoms with Crippen molar-refractivity contribution in [2.75, 3.05) is 41.4 Å². The largest absolute Gasteiger partial charge is 0.465 e. The van der Waals surface area contributed by atoms with Gasteiger partial charge in [-0.3, -0.25) is 39.8 Å². The number of aryl methyl sites for hydroxylation is 1. The van der Waals surface area contributed by atoms with Crippen LogP contribution in [0.15, 0.2) is 30.3 Å². The van der Waals surface area contributed by atoms with Crippen LogP contribution in [0.2, 0.25) is 5.02 Å². The number of benzene rings is 1. The molecular formula is C28H29ClF3N7O6. The minimum absolute atomic E-state index is 0.00396. The van der Waals surface area contributed by atoms with Crippen LogP contribution in [-0.2, 0) is 25.4 Å². The molecular weight excluding hydrogens is 623 g/mol. The van der Waals surface area contributed by atoms with Crippen LogP contribution in [0.5, 0.6) is 0 Å². The fourth-order valence-corrected chi connectivity index (χ4v) is 6.39. The van der Waals surface area contributed by atoms with Crippen molar-refractivity contribution >= 4 is 58.5 Å². The Morgan fingerprint density at radius 3 is 2.58 bits per heavy atom. The Labute approximate surface area is 259 Å². The number of halogens is 4. The molecule has 3 N–H and O–H groups in total. The van der Waals surface area contributed by atoms with Gasteiger partial charge in [-0.15, -0.1) is 0 Å². The maximum atomic E-state index is 13.9. The molecule has 45 heavy (non-hydrogen) atoms. The van der Waals surface area contributed by atoms with Gasteiger partial charge in [-0.25, -0.2) is 9.78 Å². The Morgan fingerprint density at radius 1 is 1.16 bits per heavy atom. The summed E-state index contributed by atoms with van der Waals surface area (Å²) >= 11 is 6.56. The maximum Gasteiger partial charge on any atom is 0.416 e. The summed E-state index contributed by atoms with van der Waals surface area (Å²) in [5.74, 6) is -3.73. The van der Waals surface area contributed by atoms with Gasteiger partial charge >= 0.3 is 12.3 Å². The molecule has 0 bridgehead atoms. The highest BCUT2D eigenvalue weighted by Gasteiger charge is 2.49. The molecule has 0 aliphatic carbocycles. The fraction of sp³-hybridized carbons (Fsp3) is 0.429. The second kappa shape index (κ2) is 12.1. The van der Waals surface area contributed by atoms with Crippen LogP contribution in [0.4, 0.5) is 35.2 Å². The number of likely N-dealkylation sites (N-methyl/N-ethyl adjacent to an activating group) is 1. The minimum Gasteiger partial charge on any atom is -0.465 e. The quantitative estimate of drug-likeness (QED) is 0.426. The van der Waals surface area contributed by atoms with Crippen LogP contribution >= 0.6 is 11.6 Å². The number of alkyl halides is 3. The van der Waals surface area contributed by atoms with Crippen LogP contribution < -0.4 is 25.6 Å². The van der Waals surface area contributed by atoms with Crippen molar-refractivity contribution in [2.24, 2.45) is 5.92 Å². The number of nitrogens with zero attached hydrogens (tertiary/aromatic N) is 5. The van der Waals surface area contributed by atoms with Crippen molar-refractivity contribution in [1.29, 1.82) is 0 Å². The van der Waals surface area contributed by atoms with Gasteiger partial charge in [0.05, 0.1) is 28.5 Å². The molecule has 3 aliphatic heterocycles. The van der Waals surface area contributed by atoms with Crippen molar-refractivity contribution in [2.45, 2.75) is 44.4 Å². The number of hydrogen-bond donors (Lipinski definition) is 3. The number of hydrogen-bond acceptors (Lipinski definition) is 7. The Balaban J connectivity index is 1.44. The topological polar surface area (TPSA) is 155 Å². The van der Waals surface area contributed by atoms with E-state index in [2.05, 4.69) is 15.8 Å². The lowest BCUT2D eigenvalue weighted by molar-refractivity contribution is -0.137. The molecule has 3 atom stereocenters. The summed E-state index contributed by atoms with van der Waals surface area (Å²) in [6.45, 7) is 1.04. The van der Waals surface area contributed by atoms with Crippen molar-refractivity contribution in [1.82, 2.24) is 20.7 Å². The smallest absolute Gasteiger partial charge is 0.416 e. The van der Waals surface area contributed by atoms with Crippen molar-refractivity contribution in [3.05, 3.63) is 46.6 Å². The highest BCUT2D eigenvalue weighted by molar-refractivity contribution is 6.34. The predicted octanol–water partition coefficient (Wildman–Crippen LogP) is 2.56. The second-order valence-electron chi connectivity index (χ2n) is 11.1. The Kier molecular flexibility index (Phi) is 8.53. The van der Waals surface area contributed by atoms with Crippen LogP contribution in [0.25, 0.3) is 0 Å². The van der Waals surface area contributed by atoms with Gasteiger partial charge in [-0.2, -0.15) is 13.2 Å². The zero-order valence-corrected chi connectivity index (χ0v) is 24.9. The van der Waals surface area contributed by atoms with E-state index in [1.807, 2.05) is 0 Å². The van der Waals surface area contributed by atoms with Crippen LogP contribution in [0.3, 0.4) is 0 Å². The molecule has 240 valence electrons. The van der Waals surface area contributed by atoms with Gasteiger partial charge in [0.2, 0.25) is 11.8 Å². The summed E-state index contributed by atoms with van der Waals surface area (Å²) in [5.41, 5.74) is 4.09. The number of pyridine rings is 1. The monoisotopic (exact) mass is 651 g/mol. The summed E-state index contributed by atoms with van der Waals surface area (Å²) in [6, 6.07) is 4.05. The number of carbonyl (C=O) groups excluding carboxylic acids is 4. The van der Waals surface area contributed by atoms with Gasteiger partial charge in [0.15, 0.2) is 0 Å². The number of carboxylic acid groups (broad SMARTS) is 1. The van der Waals surface area contributed by atoms with Crippen molar-refractivity contribution < 1.29 is 42.3 Å². The molecule has 17 heteroatoms. The van der Waals surface area contributed by atoms with E-state index in [4.69, 9.17) is 11.6 Å². The number of anilines is 3. The number of hydrazine groups is 1. The molecule has 0 unspecified atom stereocenters. The number of aromatic nitrogens is 1. The van der Waals surface area contributed by atoms with E-state index >= 15 is 0 Å². The molecule has 1 aromatic carbocycles. The molecule has 0 spiro atoms. The molecule has 5 rings (SSSR count). The number of amides is 5. The number of para-hydroxylation sites is 1. The van der Waals surface area contributed by atoms with E-state index in [0.717, 1.165) is 21.9 Å². The highest BCUT2D eigenvalue weighted by atomic mass is 35.5. The SMILES string of the molecule is Cc1cc(C(F)(F)F)cc(N2C(=O)C[C@@H]3CN(CC(=O)NNC(=O)[C@H]4CCCN4C(=O)O)c4c(Cl)cccc4N(C)C(=O)[C@H]32)n1. The first-order chi connectivity index (χ1) is 21.2. The van der Waals surface area contributed by atoms with Gasteiger partial charge in [0, 0.05) is 38.2 Å². The lowest BCUT2D eigenvalue weighted by Crippen LogP contribution is -2.55. The van der Waals surface area contributed by atoms with Gasteiger partial charge in [-0.1, -0.05) is 17.7 Å². The van der Waals surface area contributed by atoms with Crippen LogP contribution in [0, 0.1) is 12.8 Å². The molecule has 3 aliphatic rings.